The molecule has 2 N–H and O–H groups in total. The molecule has 142 valence electrons. The Labute approximate surface area is 158 Å². The van der Waals surface area contributed by atoms with E-state index in [1.165, 1.54) is 7.11 Å². The number of carbonyl (C=O) groups is 2. The minimum atomic E-state index is -1.22. The van der Waals surface area contributed by atoms with Crippen LogP contribution < -0.4 is 5.32 Å². The highest BCUT2D eigenvalue weighted by atomic mass is 16.6. The summed E-state index contributed by atoms with van der Waals surface area (Å²) in [5.41, 5.74) is 3.38. The molecule has 0 unspecified atom stereocenters. The van der Waals surface area contributed by atoms with E-state index in [9.17, 15) is 14.7 Å². The van der Waals surface area contributed by atoms with E-state index in [0.717, 1.165) is 22.3 Å². The standard InChI is InChI=1S/C21H23NO5/c1-21(2,26-3)18(19(23)24)22-20(25)27-12-17-15-10-6-4-8-13(15)14-9-5-7-11-16(14)17/h4-11,17-18H,12H2,1-3H3,(H,22,25)(H,23,24)/t18-/m1/s1. The van der Waals surface area contributed by atoms with Crippen LogP contribution in [0.1, 0.15) is 30.9 Å². The van der Waals surface area contributed by atoms with Gasteiger partial charge in [-0.3, -0.25) is 0 Å². The molecule has 0 bridgehead atoms. The second kappa shape index (κ2) is 7.40. The van der Waals surface area contributed by atoms with Gasteiger partial charge >= 0.3 is 12.1 Å². The summed E-state index contributed by atoms with van der Waals surface area (Å²) in [6.45, 7) is 3.31. The molecule has 0 spiro atoms. The third kappa shape index (κ3) is 3.66. The SMILES string of the molecule is COC(C)(C)[C@H](NC(=O)OCC1c2ccccc2-c2ccccc21)C(=O)O. The van der Waals surface area contributed by atoms with E-state index in [4.69, 9.17) is 9.47 Å². The van der Waals surface area contributed by atoms with E-state index in [-0.39, 0.29) is 12.5 Å². The van der Waals surface area contributed by atoms with Crippen molar-refractivity contribution < 1.29 is 24.2 Å². The number of benzene rings is 2. The van der Waals surface area contributed by atoms with E-state index in [0.29, 0.717) is 0 Å². The molecule has 0 fully saturated rings. The topological polar surface area (TPSA) is 84.9 Å². The van der Waals surface area contributed by atoms with Gasteiger partial charge in [-0.2, -0.15) is 0 Å². The third-order valence-electron chi connectivity index (χ3n) is 5.07. The van der Waals surface area contributed by atoms with E-state index in [1.54, 1.807) is 13.8 Å². The van der Waals surface area contributed by atoms with E-state index in [2.05, 4.69) is 17.4 Å². The third-order valence-corrected chi connectivity index (χ3v) is 5.07. The Kier molecular flexibility index (Phi) is 5.19. The summed E-state index contributed by atoms with van der Waals surface area (Å²) in [5.74, 6) is -1.27. The monoisotopic (exact) mass is 369 g/mol. The lowest BCUT2D eigenvalue weighted by atomic mass is 9.98. The molecule has 1 atom stereocenters. The van der Waals surface area contributed by atoms with Crippen molar-refractivity contribution in [3.05, 3.63) is 59.7 Å². The number of carboxylic acid groups (broad SMARTS) is 1. The van der Waals surface area contributed by atoms with Crippen LogP contribution in [0, 0.1) is 0 Å². The minimum absolute atomic E-state index is 0.0816. The molecule has 1 amide bonds. The Hall–Kier alpha value is -2.86. The number of methoxy groups -OCH3 is 1. The van der Waals surface area contributed by atoms with Crippen molar-refractivity contribution in [2.75, 3.05) is 13.7 Å². The number of rotatable bonds is 6. The minimum Gasteiger partial charge on any atom is -0.480 e. The van der Waals surface area contributed by atoms with Crippen molar-refractivity contribution in [1.29, 1.82) is 0 Å². The van der Waals surface area contributed by atoms with Gasteiger partial charge in [0, 0.05) is 13.0 Å². The molecule has 6 heteroatoms. The van der Waals surface area contributed by atoms with Crippen LogP contribution in [0.2, 0.25) is 0 Å². The van der Waals surface area contributed by atoms with Gasteiger partial charge in [-0.1, -0.05) is 48.5 Å². The first-order valence-electron chi connectivity index (χ1n) is 8.74. The molecule has 3 rings (SSSR count). The number of nitrogens with one attached hydrogen (secondary N) is 1. The number of amides is 1. The maximum atomic E-state index is 12.2. The number of hydrogen-bond donors (Lipinski definition) is 2. The van der Waals surface area contributed by atoms with Crippen LogP contribution in [0.4, 0.5) is 4.79 Å². The lowest BCUT2D eigenvalue weighted by Gasteiger charge is -2.30. The van der Waals surface area contributed by atoms with Crippen molar-refractivity contribution in [3.8, 4) is 11.1 Å². The molecule has 1 aliphatic carbocycles. The van der Waals surface area contributed by atoms with Crippen molar-refractivity contribution in [2.24, 2.45) is 0 Å². The zero-order chi connectivity index (χ0) is 19.6. The maximum absolute atomic E-state index is 12.2. The highest BCUT2D eigenvalue weighted by Crippen LogP contribution is 2.44. The number of aliphatic carboxylic acids is 1. The smallest absolute Gasteiger partial charge is 0.407 e. The Balaban J connectivity index is 1.73. The largest absolute Gasteiger partial charge is 0.480 e. The van der Waals surface area contributed by atoms with Crippen LogP contribution in [0.15, 0.2) is 48.5 Å². The van der Waals surface area contributed by atoms with E-state index in [1.807, 2.05) is 36.4 Å². The van der Waals surface area contributed by atoms with Gasteiger partial charge in [-0.25, -0.2) is 9.59 Å². The number of ether oxygens (including phenoxy) is 2. The number of carboxylic acids is 1. The zero-order valence-electron chi connectivity index (χ0n) is 15.6. The summed E-state index contributed by atoms with van der Waals surface area (Å²) in [7, 11) is 1.40. The normalized spacial score (nSPS) is 14.2. The van der Waals surface area contributed by atoms with Gasteiger partial charge in [0.15, 0.2) is 6.04 Å². The van der Waals surface area contributed by atoms with Gasteiger partial charge in [0.05, 0.1) is 5.60 Å². The summed E-state index contributed by atoms with van der Waals surface area (Å²) in [6.07, 6.45) is -0.783. The number of alkyl carbamates (subject to hydrolysis) is 1. The van der Waals surface area contributed by atoms with Gasteiger partial charge < -0.3 is 19.9 Å². The molecule has 1 aliphatic rings. The first kappa shape index (κ1) is 18.9. The van der Waals surface area contributed by atoms with E-state index >= 15 is 0 Å². The first-order chi connectivity index (χ1) is 12.8. The highest BCUT2D eigenvalue weighted by molar-refractivity contribution is 5.82. The molecule has 0 saturated heterocycles. The lowest BCUT2D eigenvalue weighted by molar-refractivity contribution is -0.147. The Bertz CT molecular complexity index is 816. The van der Waals surface area contributed by atoms with Crippen molar-refractivity contribution in [3.63, 3.8) is 0 Å². The molecule has 6 nitrogen and oxygen atoms in total. The summed E-state index contributed by atoms with van der Waals surface area (Å²) in [6, 6.07) is 14.8. The van der Waals surface area contributed by atoms with Crippen molar-refractivity contribution >= 4 is 12.1 Å². The van der Waals surface area contributed by atoms with Crippen LogP contribution in [-0.4, -0.2) is 42.5 Å². The first-order valence-corrected chi connectivity index (χ1v) is 8.74. The fraction of sp³-hybridized carbons (Fsp3) is 0.333. The molecular weight excluding hydrogens is 346 g/mol. The average molecular weight is 369 g/mol. The molecule has 0 aliphatic heterocycles. The number of fused-ring (bicyclic) bond motifs is 3. The second-order valence-corrected chi connectivity index (χ2v) is 7.05. The van der Waals surface area contributed by atoms with Crippen LogP contribution in [0.25, 0.3) is 11.1 Å². The van der Waals surface area contributed by atoms with Gasteiger partial charge in [-0.05, 0) is 36.1 Å². The zero-order valence-corrected chi connectivity index (χ0v) is 15.6. The maximum Gasteiger partial charge on any atom is 0.407 e. The predicted octanol–water partition coefficient (Wildman–Crippen LogP) is 3.40. The highest BCUT2D eigenvalue weighted by Gasteiger charge is 2.37. The van der Waals surface area contributed by atoms with Crippen LogP contribution >= 0.6 is 0 Å². The molecule has 2 aromatic carbocycles. The average Bonchev–Trinajstić information content (AvgIpc) is 2.98. The molecule has 0 saturated carbocycles. The van der Waals surface area contributed by atoms with Crippen LogP contribution in [0.5, 0.6) is 0 Å². The molecule has 0 radical (unpaired) electrons. The summed E-state index contributed by atoms with van der Waals surface area (Å²) < 4.78 is 10.6. The van der Waals surface area contributed by atoms with Gasteiger partial charge in [0.2, 0.25) is 0 Å². The molecule has 0 heterocycles. The molecular formula is C21H23NO5. The Morgan fingerprint density at radius 3 is 2.07 bits per heavy atom. The predicted molar refractivity (Wildman–Crippen MR) is 101 cm³/mol. The number of carbonyl (C=O) groups excluding carboxylic acids is 1. The van der Waals surface area contributed by atoms with E-state index < -0.39 is 23.7 Å². The fourth-order valence-electron chi connectivity index (χ4n) is 3.41. The van der Waals surface area contributed by atoms with Crippen molar-refractivity contribution in [1.82, 2.24) is 5.32 Å². The van der Waals surface area contributed by atoms with Crippen LogP contribution in [-0.2, 0) is 14.3 Å². The Morgan fingerprint density at radius 2 is 1.59 bits per heavy atom. The molecule has 2 aromatic rings. The van der Waals surface area contributed by atoms with Gasteiger partial charge in [0.25, 0.3) is 0 Å². The lowest BCUT2D eigenvalue weighted by Crippen LogP contribution is -2.55. The van der Waals surface area contributed by atoms with Gasteiger partial charge in [-0.15, -0.1) is 0 Å². The van der Waals surface area contributed by atoms with Gasteiger partial charge in [0.1, 0.15) is 6.61 Å². The summed E-state index contributed by atoms with van der Waals surface area (Å²) in [4.78, 5) is 23.7. The summed E-state index contributed by atoms with van der Waals surface area (Å²) >= 11 is 0. The fourth-order valence-corrected chi connectivity index (χ4v) is 3.41. The Morgan fingerprint density at radius 1 is 1.07 bits per heavy atom. The number of hydrogen-bond acceptors (Lipinski definition) is 4. The molecule has 27 heavy (non-hydrogen) atoms. The quantitative estimate of drug-likeness (QED) is 0.815. The second-order valence-electron chi connectivity index (χ2n) is 7.05. The summed E-state index contributed by atoms with van der Waals surface area (Å²) in [5, 5.41) is 11.8. The van der Waals surface area contributed by atoms with Crippen LogP contribution in [0.3, 0.4) is 0 Å². The molecule has 0 aromatic heterocycles. The van der Waals surface area contributed by atoms with Crippen molar-refractivity contribution in [2.45, 2.75) is 31.4 Å².